The van der Waals surface area contributed by atoms with E-state index in [1.54, 1.807) is 7.11 Å². The molecular formula is C22H26N2O2. The first-order valence-electron chi connectivity index (χ1n) is 9.33. The molecule has 0 bridgehead atoms. The number of ether oxygens (including phenoxy) is 1. The second-order valence-corrected chi connectivity index (χ2v) is 7.51. The molecule has 1 aliphatic carbocycles. The summed E-state index contributed by atoms with van der Waals surface area (Å²) in [6.07, 6.45) is 2.10. The maximum Gasteiger partial charge on any atom is 0.320 e. The molecule has 2 aromatic rings. The first-order chi connectivity index (χ1) is 12.6. The van der Waals surface area contributed by atoms with Gasteiger partial charge in [0.25, 0.3) is 0 Å². The van der Waals surface area contributed by atoms with Gasteiger partial charge in [0.05, 0.1) is 19.2 Å². The molecule has 4 heteroatoms. The molecule has 26 heavy (non-hydrogen) atoms. The topological polar surface area (TPSA) is 32.8 Å². The van der Waals surface area contributed by atoms with Gasteiger partial charge in [0, 0.05) is 13.1 Å². The number of likely N-dealkylation sites (N-methyl/N-ethyl adjacent to an activating group) is 1. The molecule has 1 saturated heterocycles. The highest BCUT2D eigenvalue weighted by Crippen LogP contribution is 2.47. The fourth-order valence-corrected chi connectivity index (χ4v) is 4.21. The number of carbonyl (C=O) groups excluding carboxylic acids is 1. The van der Waals surface area contributed by atoms with Crippen LogP contribution in [-0.4, -0.2) is 42.1 Å². The summed E-state index contributed by atoms with van der Waals surface area (Å²) in [5.41, 5.74) is 2.54. The van der Waals surface area contributed by atoms with Crippen molar-refractivity contribution in [1.82, 2.24) is 9.80 Å². The molecule has 0 radical (unpaired) electrons. The summed E-state index contributed by atoms with van der Waals surface area (Å²) in [7, 11) is 3.61. The lowest BCUT2D eigenvalue weighted by Gasteiger charge is -2.26. The second-order valence-electron chi connectivity index (χ2n) is 7.51. The minimum Gasteiger partial charge on any atom is -0.497 e. The molecule has 0 spiro atoms. The van der Waals surface area contributed by atoms with E-state index in [-0.39, 0.29) is 18.1 Å². The Hall–Kier alpha value is -2.49. The number of nitrogens with zero attached hydrogens (tertiary/aromatic N) is 2. The van der Waals surface area contributed by atoms with Crippen molar-refractivity contribution >= 4 is 6.03 Å². The van der Waals surface area contributed by atoms with Crippen molar-refractivity contribution in [2.75, 3.05) is 14.2 Å². The molecule has 4 rings (SSSR count). The fourth-order valence-electron chi connectivity index (χ4n) is 4.21. The molecule has 4 atom stereocenters. The zero-order chi connectivity index (χ0) is 18.3. The predicted molar refractivity (Wildman–Crippen MR) is 102 cm³/mol. The molecule has 2 amide bonds. The minimum absolute atomic E-state index is 0.138. The van der Waals surface area contributed by atoms with Crippen LogP contribution < -0.4 is 4.74 Å². The lowest BCUT2D eigenvalue weighted by molar-refractivity contribution is 0.185. The lowest BCUT2D eigenvalue weighted by Crippen LogP contribution is -2.33. The molecule has 0 N–H and O–H groups in total. The number of urea groups is 1. The third-order valence-electron chi connectivity index (χ3n) is 5.93. The molecule has 2 aromatic carbocycles. The van der Waals surface area contributed by atoms with Crippen LogP contribution in [0.15, 0.2) is 54.6 Å². The van der Waals surface area contributed by atoms with Crippen molar-refractivity contribution in [2.24, 2.45) is 5.92 Å². The van der Waals surface area contributed by atoms with Gasteiger partial charge >= 0.3 is 6.03 Å². The Bertz CT molecular complexity index is 774. The fraction of sp³-hybridized carbons (Fsp3) is 0.409. The van der Waals surface area contributed by atoms with Crippen LogP contribution in [0.25, 0.3) is 0 Å². The first-order valence-corrected chi connectivity index (χ1v) is 9.33. The number of hydrogen-bond acceptors (Lipinski definition) is 2. The van der Waals surface area contributed by atoms with E-state index >= 15 is 0 Å². The number of methoxy groups -OCH3 is 1. The summed E-state index contributed by atoms with van der Waals surface area (Å²) in [6.45, 7) is 2.15. The first kappa shape index (κ1) is 17.0. The Labute approximate surface area is 155 Å². The van der Waals surface area contributed by atoms with E-state index in [0.29, 0.717) is 12.0 Å². The Balaban J connectivity index is 1.51. The average Bonchev–Trinajstić information content (AvgIpc) is 3.39. The van der Waals surface area contributed by atoms with Crippen molar-refractivity contribution in [3.05, 3.63) is 65.7 Å². The zero-order valence-corrected chi connectivity index (χ0v) is 15.6. The van der Waals surface area contributed by atoms with Gasteiger partial charge in [-0.25, -0.2) is 4.79 Å². The van der Waals surface area contributed by atoms with E-state index in [1.165, 1.54) is 11.1 Å². The number of carbonyl (C=O) groups is 1. The highest BCUT2D eigenvalue weighted by molar-refractivity contribution is 5.79. The van der Waals surface area contributed by atoms with Gasteiger partial charge < -0.3 is 14.5 Å². The summed E-state index contributed by atoms with van der Waals surface area (Å²) in [5.74, 6) is 1.42. The molecule has 4 nitrogen and oxygen atoms in total. The molecule has 2 aliphatic rings. The van der Waals surface area contributed by atoms with Crippen LogP contribution in [-0.2, 0) is 6.42 Å². The van der Waals surface area contributed by atoms with Gasteiger partial charge in [0.2, 0.25) is 0 Å². The van der Waals surface area contributed by atoms with Crippen LogP contribution >= 0.6 is 0 Å². The summed E-state index contributed by atoms with van der Waals surface area (Å²) in [6, 6.07) is 19.5. The van der Waals surface area contributed by atoms with Gasteiger partial charge in [-0.1, -0.05) is 42.5 Å². The molecule has 1 heterocycles. The molecule has 1 aliphatic heterocycles. The molecule has 136 valence electrons. The highest BCUT2D eigenvalue weighted by Gasteiger charge is 2.53. The number of amides is 2. The van der Waals surface area contributed by atoms with Gasteiger partial charge in [0.1, 0.15) is 5.75 Å². The maximum absolute atomic E-state index is 12.9. The number of benzene rings is 2. The predicted octanol–water partition coefficient (Wildman–Crippen LogP) is 4.12. The van der Waals surface area contributed by atoms with Crippen LogP contribution in [0.4, 0.5) is 4.79 Å². The van der Waals surface area contributed by atoms with Crippen LogP contribution in [0.1, 0.15) is 30.5 Å². The van der Waals surface area contributed by atoms with E-state index in [9.17, 15) is 4.79 Å². The SMILES string of the molecule is COc1ccc(C[C@H]2C[C@@H]2N2C(=O)N(C)[C@@H](C)[C@H]2c2ccccc2)cc1. The van der Waals surface area contributed by atoms with Crippen molar-refractivity contribution in [3.8, 4) is 5.75 Å². The van der Waals surface area contributed by atoms with Crippen LogP contribution in [0, 0.1) is 5.92 Å². The average molecular weight is 350 g/mol. The summed E-state index contributed by atoms with van der Waals surface area (Å²) >= 11 is 0. The lowest BCUT2D eigenvalue weighted by atomic mass is 10.00. The van der Waals surface area contributed by atoms with E-state index in [4.69, 9.17) is 4.74 Å². The highest BCUT2D eigenvalue weighted by atomic mass is 16.5. The molecule has 1 saturated carbocycles. The van der Waals surface area contributed by atoms with E-state index in [2.05, 4.69) is 48.2 Å². The molecule has 0 unspecified atom stereocenters. The van der Waals surface area contributed by atoms with Gasteiger partial charge in [-0.2, -0.15) is 0 Å². The largest absolute Gasteiger partial charge is 0.497 e. The summed E-state index contributed by atoms with van der Waals surface area (Å²) < 4.78 is 5.23. The Morgan fingerprint density at radius 3 is 2.42 bits per heavy atom. The third kappa shape index (κ3) is 2.94. The molecule has 2 fully saturated rings. The Morgan fingerprint density at radius 2 is 1.77 bits per heavy atom. The zero-order valence-electron chi connectivity index (χ0n) is 15.6. The van der Waals surface area contributed by atoms with Crippen molar-refractivity contribution < 1.29 is 9.53 Å². The van der Waals surface area contributed by atoms with Crippen LogP contribution in [0.2, 0.25) is 0 Å². The quantitative estimate of drug-likeness (QED) is 0.812. The van der Waals surface area contributed by atoms with E-state index in [0.717, 1.165) is 18.6 Å². The van der Waals surface area contributed by atoms with E-state index in [1.807, 2.05) is 30.1 Å². The van der Waals surface area contributed by atoms with Crippen LogP contribution in [0.5, 0.6) is 5.75 Å². The normalized spacial score (nSPS) is 27.7. The summed E-state index contributed by atoms with van der Waals surface area (Å²) in [5, 5.41) is 0. The smallest absolute Gasteiger partial charge is 0.320 e. The van der Waals surface area contributed by atoms with Crippen molar-refractivity contribution in [2.45, 2.75) is 37.9 Å². The summed E-state index contributed by atoms with van der Waals surface area (Å²) in [4.78, 5) is 16.9. The van der Waals surface area contributed by atoms with E-state index < -0.39 is 0 Å². The maximum atomic E-state index is 12.9. The van der Waals surface area contributed by atoms with Gasteiger partial charge in [-0.05, 0) is 48.9 Å². The number of hydrogen-bond donors (Lipinski definition) is 0. The van der Waals surface area contributed by atoms with Gasteiger partial charge in [0.15, 0.2) is 0 Å². The van der Waals surface area contributed by atoms with Crippen molar-refractivity contribution in [1.29, 1.82) is 0 Å². The second kappa shape index (κ2) is 6.67. The van der Waals surface area contributed by atoms with Crippen LogP contribution in [0.3, 0.4) is 0 Å². The molecular weight excluding hydrogens is 324 g/mol. The standard InChI is InChI=1S/C22H26N2O2/c1-15-21(17-7-5-4-6-8-17)24(22(25)23(15)2)20-14-18(20)13-16-9-11-19(26-3)12-10-16/h4-12,15,18,20-21H,13-14H2,1-3H3/t15-,18-,20-,21-/m0/s1. The number of rotatable bonds is 5. The van der Waals surface area contributed by atoms with Crippen molar-refractivity contribution in [3.63, 3.8) is 0 Å². The third-order valence-corrected chi connectivity index (χ3v) is 5.93. The Morgan fingerprint density at radius 1 is 1.08 bits per heavy atom. The van der Waals surface area contributed by atoms with Gasteiger partial charge in [-0.3, -0.25) is 0 Å². The molecule has 0 aromatic heterocycles. The minimum atomic E-state index is 0.138. The Kier molecular flexibility index (Phi) is 4.35. The monoisotopic (exact) mass is 350 g/mol. The van der Waals surface area contributed by atoms with Gasteiger partial charge in [-0.15, -0.1) is 0 Å².